The van der Waals surface area contributed by atoms with Gasteiger partial charge in [-0.15, -0.1) is 13.2 Å². The van der Waals surface area contributed by atoms with Crippen LogP contribution in [0.3, 0.4) is 0 Å². The second-order valence-electron chi connectivity index (χ2n) is 20.0. The van der Waals surface area contributed by atoms with Crippen molar-refractivity contribution in [3.8, 4) is 11.5 Å². The van der Waals surface area contributed by atoms with E-state index in [1.165, 1.54) is 40.6 Å². The molecule has 77 heavy (non-hydrogen) atoms. The summed E-state index contributed by atoms with van der Waals surface area (Å²) in [5.41, 5.74) is 0.414. The Labute approximate surface area is 449 Å². The Hall–Kier alpha value is -7.64. The average Bonchev–Trinajstić information content (AvgIpc) is 4.26. The molecule has 400 valence electrons. The van der Waals surface area contributed by atoms with Crippen LogP contribution in [-0.4, -0.2) is 82.6 Å². The number of fused-ring (bicyclic) bond motifs is 1. The maximum absolute atomic E-state index is 13.4. The largest absolute Gasteiger partial charge is 0.489 e. The number of amides is 4. The third kappa shape index (κ3) is 13.0. The lowest BCUT2D eigenvalue weighted by Crippen LogP contribution is -2.53. The monoisotopic (exact) mass is 1080 g/mol. The number of carbonyl (C=O) groups excluding carboxylic acids is 4. The summed E-state index contributed by atoms with van der Waals surface area (Å²) < 4.78 is 68.2. The summed E-state index contributed by atoms with van der Waals surface area (Å²) in [5, 5.41) is 11.2. The number of hydrogen-bond donors (Lipinski definition) is 5. The zero-order valence-electron chi connectivity index (χ0n) is 42.4. The molecule has 6 aromatic carbocycles. The summed E-state index contributed by atoms with van der Waals surface area (Å²) in [6, 6.07) is 45.6. The fourth-order valence-electron chi connectivity index (χ4n) is 9.86. The first-order chi connectivity index (χ1) is 37.1. The number of likely N-dealkylation sites (tertiary alicyclic amines) is 1. The normalized spacial score (nSPS) is 22.5. The van der Waals surface area contributed by atoms with Crippen molar-refractivity contribution < 1.29 is 45.5 Å². The van der Waals surface area contributed by atoms with Gasteiger partial charge in [-0.05, 0) is 96.6 Å². The topological polar surface area (TPSA) is 218 Å². The van der Waals surface area contributed by atoms with Crippen molar-refractivity contribution in [2.24, 2.45) is 23.7 Å². The minimum Gasteiger partial charge on any atom is -0.489 e. The Morgan fingerprint density at radius 2 is 1.09 bits per heavy atom. The summed E-state index contributed by atoms with van der Waals surface area (Å²) in [7, 11) is -8.40. The van der Waals surface area contributed by atoms with Gasteiger partial charge in [-0.1, -0.05) is 121 Å². The van der Waals surface area contributed by atoms with Crippen molar-refractivity contribution in [2.75, 3.05) is 26.2 Å². The Morgan fingerprint density at radius 3 is 1.58 bits per heavy atom. The van der Waals surface area contributed by atoms with E-state index < -0.39 is 42.9 Å². The van der Waals surface area contributed by atoms with Crippen molar-refractivity contribution in [1.82, 2.24) is 30.3 Å². The molecule has 10 rings (SSSR count). The zero-order valence-corrected chi connectivity index (χ0v) is 44.1. The maximum Gasteiger partial charge on any atom is 0.264 e. The second-order valence-corrected chi connectivity index (χ2v) is 23.3. The molecule has 5 N–H and O–H groups in total. The van der Waals surface area contributed by atoms with E-state index >= 15 is 0 Å². The summed E-state index contributed by atoms with van der Waals surface area (Å²) in [6.45, 7) is 11.4. The van der Waals surface area contributed by atoms with E-state index in [9.17, 15) is 36.0 Å². The lowest BCUT2D eigenvalue weighted by Gasteiger charge is -2.21. The third-order valence-corrected chi connectivity index (χ3v) is 17.2. The van der Waals surface area contributed by atoms with Crippen LogP contribution in [0, 0.1) is 23.7 Å². The predicted molar refractivity (Wildman–Crippen MR) is 292 cm³/mol. The molecule has 0 bridgehead atoms. The lowest BCUT2D eigenvalue weighted by molar-refractivity contribution is -0.131. The number of hydrogen-bond acceptors (Lipinski definition) is 12. The van der Waals surface area contributed by atoms with Crippen LogP contribution >= 0.6 is 0 Å². The van der Waals surface area contributed by atoms with Gasteiger partial charge in [0.15, 0.2) is 0 Å². The number of rotatable bonds is 20. The minimum absolute atomic E-state index is 0.0984. The van der Waals surface area contributed by atoms with Gasteiger partial charge in [0.1, 0.15) is 35.8 Å². The highest BCUT2D eigenvalue weighted by atomic mass is 32.2. The molecule has 2 aliphatic carbocycles. The van der Waals surface area contributed by atoms with E-state index in [2.05, 4.69) is 73.8 Å². The van der Waals surface area contributed by atoms with Crippen LogP contribution in [0.1, 0.15) is 42.4 Å². The molecule has 6 aromatic rings. The van der Waals surface area contributed by atoms with Gasteiger partial charge in [0.2, 0.25) is 11.8 Å². The van der Waals surface area contributed by atoms with Crippen LogP contribution in [0.2, 0.25) is 0 Å². The van der Waals surface area contributed by atoms with E-state index in [1.807, 2.05) is 72.8 Å². The molecule has 2 aliphatic heterocycles. The highest BCUT2D eigenvalue weighted by Crippen LogP contribution is 2.46. The molecule has 4 amide bonds. The van der Waals surface area contributed by atoms with Crippen LogP contribution in [-0.2, 0) is 59.0 Å². The standard InChI is InChI=1S/C35H35N3O5S.C24H27N3O5S/c1-2-30-21-35(30,34(40)37-44(41,42)32-14-8-13-31(20-32)43-24-25-9-4-3-5-10-25)36-33(39)29-17-18-38(23-29)22-26-15-16-27-11-6-7-12-28(27)19-26;1-2-19-14-24(19,26-22(28)18-11-12-25-15-18)23(29)27-33(30,31)21-10-6-9-20(13-21)32-16-17-7-4-3-5-8-17/h2-16,19-20,29-30H,1,17-18,21-24H2,(H,36,39)(H,37,40);2-10,13,18-19,25H,1,11-12,14-16H2,(H,26,28)(H,27,29)/t29-,30+,35+;18-,19+,24+/m00/s1. The summed E-state index contributed by atoms with van der Waals surface area (Å²) >= 11 is 0. The highest BCUT2D eigenvalue weighted by Gasteiger charge is 2.62. The SMILES string of the molecule is C=C[C@@H]1C[C@]1(NC(=O)[C@H]1CCN(Cc2ccc3ccccc3c2)C1)C(=O)NS(=O)(=O)c1cccc(OCc2ccccc2)c1.C=C[C@@H]1C[C@]1(NC(=O)[C@H]1CCNC1)C(=O)NS(=O)(=O)c1cccc(OCc2ccccc2)c1. The second kappa shape index (κ2) is 23.3. The number of ether oxygens (including phenoxy) is 2. The molecule has 6 atom stereocenters. The fourth-order valence-corrected chi connectivity index (χ4v) is 12.0. The number of sulfonamides is 2. The highest BCUT2D eigenvalue weighted by molar-refractivity contribution is 7.90. The molecule has 2 heterocycles. The van der Waals surface area contributed by atoms with Crippen LogP contribution < -0.4 is 34.9 Å². The zero-order chi connectivity index (χ0) is 54.2. The summed E-state index contributed by atoms with van der Waals surface area (Å²) in [6.07, 6.45) is 5.09. The van der Waals surface area contributed by atoms with E-state index in [0.29, 0.717) is 43.9 Å². The minimum atomic E-state index is -4.23. The van der Waals surface area contributed by atoms with Crippen LogP contribution in [0.25, 0.3) is 10.8 Å². The molecule has 0 radical (unpaired) electrons. The molecule has 2 saturated carbocycles. The lowest BCUT2D eigenvalue weighted by atomic mass is 10.1. The van der Waals surface area contributed by atoms with Gasteiger partial charge in [0.05, 0.1) is 21.6 Å². The molecule has 4 fully saturated rings. The van der Waals surface area contributed by atoms with Crippen LogP contribution in [0.4, 0.5) is 0 Å². The van der Waals surface area contributed by atoms with Crippen LogP contribution in [0.5, 0.6) is 11.5 Å². The Morgan fingerprint density at radius 1 is 0.584 bits per heavy atom. The molecule has 16 nitrogen and oxygen atoms in total. The van der Waals surface area contributed by atoms with E-state index in [0.717, 1.165) is 30.8 Å². The predicted octanol–water partition coefficient (Wildman–Crippen LogP) is 6.55. The van der Waals surface area contributed by atoms with Crippen molar-refractivity contribution in [3.63, 3.8) is 0 Å². The number of nitrogens with zero attached hydrogens (tertiary/aromatic N) is 1. The first kappa shape index (κ1) is 54.2. The maximum atomic E-state index is 13.4. The first-order valence-electron chi connectivity index (χ1n) is 25.6. The molecular formula is C59H62N6O10S2. The van der Waals surface area contributed by atoms with Gasteiger partial charge in [-0.2, -0.15) is 0 Å². The van der Waals surface area contributed by atoms with E-state index in [1.54, 1.807) is 36.4 Å². The molecule has 0 spiro atoms. The van der Waals surface area contributed by atoms with Gasteiger partial charge < -0.3 is 25.4 Å². The summed E-state index contributed by atoms with van der Waals surface area (Å²) in [4.78, 5) is 54.5. The molecule has 0 unspecified atom stereocenters. The first-order valence-corrected chi connectivity index (χ1v) is 28.5. The number of benzene rings is 6. The van der Waals surface area contributed by atoms with Gasteiger partial charge in [-0.3, -0.25) is 24.1 Å². The average molecular weight is 1080 g/mol. The van der Waals surface area contributed by atoms with Gasteiger partial charge in [0, 0.05) is 43.6 Å². The van der Waals surface area contributed by atoms with Crippen molar-refractivity contribution >= 4 is 54.4 Å². The smallest absolute Gasteiger partial charge is 0.264 e. The molecule has 4 aliphatic rings. The van der Waals surface area contributed by atoms with E-state index in [4.69, 9.17) is 9.47 Å². The molecular weight excluding hydrogens is 1020 g/mol. The van der Waals surface area contributed by atoms with Crippen LogP contribution in [0.15, 0.2) is 187 Å². The van der Waals surface area contributed by atoms with E-state index in [-0.39, 0.29) is 64.9 Å². The molecule has 2 saturated heterocycles. The van der Waals surface area contributed by atoms with Gasteiger partial charge in [0.25, 0.3) is 31.9 Å². The Kier molecular flexibility index (Phi) is 16.4. The molecule has 0 aromatic heterocycles. The fraction of sp³-hybridized carbons (Fsp3) is 0.288. The van der Waals surface area contributed by atoms with Crippen molar-refractivity contribution in [3.05, 3.63) is 194 Å². The molecule has 18 heteroatoms. The Bertz CT molecular complexity index is 3390. The quantitative estimate of drug-likeness (QED) is 0.0515. The number of nitrogens with one attached hydrogen (secondary N) is 5. The van der Waals surface area contributed by atoms with Crippen molar-refractivity contribution in [2.45, 2.75) is 66.3 Å². The third-order valence-electron chi connectivity index (χ3n) is 14.6. The number of carbonyl (C=O) groups is 4. The summed E-state index contributed by atoms with van der Waals surface area (Å²) in [5.74, 6) is -2.55. The van der Waals surface area contributed by atoms with Gasteiger partial charge >= 0.3 is 0 Å². The van der Waals surface area contributed by atoms with Gasteiger partial charge in [-0.25, -0.2) is 26.3 Å². The van der Waals surface area contributed by atoms with Crippen molar-refractivity contribution in [1.29, 1.82) is 0 Å². The Balaban J connectivity index is 0.000000196.